The summed E-state index contributed by atoms with van der Waals surface area (Å²) in [4.78, 5) is 8.97. The van der Waals surface area contributed by atoms with Crippen molar-refractivity contribution in [3.63, 3.8) is 0 Å². The lowest BCUT2D eigenvalue weighted by molar-refractivity contribution is 0.738. The summed E-state index contributed by atoms with van der Waals surface area (Å²) < 4.78 is 1.87. The molecule has 20 heavy (non-hydrogen) atoms. The molecule has 0 aromatic carbocycles. The molecular formula is C14H22N6. The smallest absolute Gasteiger partial charge is 0.133 e. The highest BCUT2D eigenvalue weighted by atomic mass is 15.3. The molecule has 0 radical (unpaired) electrons. The molecule has 0 bridgehead atoms. The van der Waals surface area contributed by atoms with Gasteiger partial charge in [0.05, 0.1) is 6.20 Å². The van der Waals surface area contributed by atoms with Crippen LogP contribution < -0.4 is 10.6 Å². The Labute approximate surface area is 119 Å². The van der Waals surface area contributed by atoms with E-state index in [4.69, 9.17) is 0 Å². The van der Waals surface area contributed by atoms with Crippen LogP contribution in [0, 0.1) is 6.92 Å². The highest BCUT2D eigenvalue weighted by molar-refractivity contribution is 5.47. The lowest BCUT2D eigenvalue weighted by Crippen LogP contribution is -2.07. The van der Waals surface area contributed by atoms with Gasteiger partial charge < -0.3 is 10.6 Å². The second-order valence-corrected chi connectivity index (χ2v) is 4.79. The van der Waals surface area contributed by atoms with Crippen LogP contribution in [0.2, 0.25) is 0 Å². The Hall–Kier alpha value is -2.11. The van der Waals surface area contributed by atoms with Gasteiger partial charge >= 0.3 is 0 Å². The maximum Gasteiger partial charge on any atom is 0.133 e. The van der Waals surface area contributed by atoms with Gasteiger partial charge in [0.1, 0.15) is 17.5 Å². The van der Waals surface area contributed by atoms with Gasteiger partial charge in [0, 0.05) is 44.4 Å². The van der Waals surface area contributed by atoms with Crippen molar-refractivity contribution in [2.24, 2.45) is 7.05 Å². The minimum absolute atomic E-state index is 0.714. The van der Waals surface area contributed by atoms with E-state index < -0.39 is 0 Å². The monoisotopic (exact) mass is 274 g/mol. The molecule has 0 aliphatic heterocycles. The molecule has 0 fully saturated rings. The molecule has 0 spiro atoms. The van der Waals surface area contributed by atoms with Crippen LogP contribution in [0.3, 0.4) is 0 Å². The van der Waals surface area contributed by atoms with Crippen LogP contribution in [0.25, 0.3) is 0 Å². The van der Waals surface area contributed by atoms with Crippen molar-refractivity contribution in [1.29, 1.82) is 0 Å². The van der Waals surface area contributed by atoms with E-state index in [0.717, 1.165) is 36.0 Å². The first-order valence-electron chi connectivity index (χ1n) is 6.91. The third-order valence-corrected chi connectivity index (χ3v) is 3.30. The summed E-state index contributed by atoms with van der Waals surface area (Å²) in [7, 11) is 3.81. The zero-order valence-corrected chi connectivity index (χ0v) is 12.6. The summed E-state index contributed by atoms with van der Waals surface area (Å²) in [5.41, 5.74) is 2.34. The predicted molar refractivity (Wildman–Crippen MR) is 80.8 cm³/mol. The molecule has 0 atom stereocenters. The van der Waals surface area contributed by atoms with Crippen LogP contribution in [0.15, 0.2) is 12.3 Å². The van der Waals surface area contributed by atoms with Gasteiger partial charge in [0.2, 0.25) is 0 Å². The third kappa shape index (κ3) is 3.26. The highest BCUT2D eigenvalue weighted by Gasteiger charge is 2.06. The summed E-state index contributed by atoms with van der Waals surface area (Å²) in [6, 6.07) is 1.92. The Balaban J connectivity index is 2.12. The van der Waals surface area contributed by atoms with E-state index in [0.29, 0.717) is 6.54 Å². The number of nitrogens with one attached hydrogen (secondary N) is 2. The van der Waals surface area contributed by atoms with Gasteiger partial charge in [-0.2, -0.15) is 5.10 Å². The first-order chi connectivity index (χ1) is 9.63. The molecule has 2 aromatic heterocycles. The molecule has 0 saturated heterocycles. The number of hydrogen-bond acceptors (Lipinski definition) is 5. The van der Waals surface area contributed by atoms with E-state index in [-0.39, 0.29) is 0 Å². The zero-order chi connectivity index (χ0) is 14.5. The number of anilines is 2. The van der Waals surface area contributed by atoms with Crippen molar-refractivity contribution >= 4 is 11.6 Å². The molecule has 0 saturated carbocycles. The molecule has 2 rings (SSSR count). The van der Waals surface area contributed by atoms with E-state index in [1.165, 1.54) is 5.56 Å². The van der Waals surface area contributed by atoms with E-state index in [9.17, 15) is 0 Å². The van der Waals surface area contributed by atoms with E-state index in [1.807, 2.05) is 31.0 Å². The van der Waals surface area contributed by atoms with Crippen molar-refractivity contribution in [2.75, 3.05) is 17.7 Å². The first kappa shape index (κ1) is 14.3. The molecule has 2 aromatic rings. The van der Waals surface area contributed by atoms with Gasteiger partial charge in [0.15, 0.2) is 0 Å². The van der Waals surface area contributed by atoms with Gasteiger partial charge in [-0.3, -0.25) is 4.68 Å². The van der Waals surface area contributed by atoms with Crippen LogP contribution >= 0.6 is 0 Å². The minimum Gasteiger partial charge on any atom is -0.373 e. The zero-order valence-electron chi connectivity index (χ0n) is 12.6. The van der Waals surface area contributed by atoms with Crippen molar-refractivity contribution in [3.8, 4) is 0 Å². The molecule has 108 valence electrons. The van der Waals surface area contributed by atoms with E-state index >= 15 is 0 Å². The standard InChI is InChI=1S/C14H22N6/c1-5-6-12-18-13(15-3)7-14(19-12)16-8-11-9-17-20(4)10(11)2/h7,9H,5-6,8H2,1-4H3,(H2,15,16,18,19). The maximum atomic E-state index is 4.53. The molecule has 0 aliphatic rings. The fourth-order valence-corrected chi connectivity index (χ4v) is 1.95. The van der Waals surface area contributed by atoms with E-state index in [1.54, 1.807) is 0 Å². The number of hydrogen-bond donors (Lipinski definition) is 2. The van der Waals surface area contributed by atoms with E-state index in [2.05, 4.69) is 39.5 Å². The molecule has 2 N–H and O–H groups in total. The van der Waals surface area contributed by atoms with Crippen LogP contribution in [0.5, 0.6) is 0 Å². The van der Waals surface area contributed by atoms with Crippen molar-refractivity contribution in [3.05, 3.63) is 29.3 Å². The molecule has 6 nitrogen and oxygen atoms in total. The predicted octanol–water partition coefficient (Wildman–Crippen LogP) is 2.12. The summed E-state index contributed by atoms with van der Waals surface area (Å²) in [6.45, 7) is 4.90. The normalized spacial score (nSPS) is 10.6. The Morgan fingerprint density at radius 3 is 2.60 bits per heavy atom. The van der Waals surface area contributed by atoms with Crippen molar-refractivity contribution in [1.82, 2.24) is 19.7 Å². The molecule has 0 amide bonds. The first-order valence-corrected chi connectivity index (χ1v) is 6.91. The van der Waals surface area contributed by atoms with Gasteiger partial charge in [-0.15, -0.1) is 0 Å². The third-order valence-electron chi connectivity index (χ3n) is 3.30. The highest BCUT2D eigenvalue weighted by Crippen LogP contribution is 2.14. The van der Waals surface area contributed by atoms with Gasteiger partial charge in [0.25, 0.3) is 0 Å². The summed E-state index contributed by atoms with van der Waals surface area (Å²) >= 11 is 0. The number of nitrogens with zero attached hydrogens (tertiary/aromatic N) is 4. The quantitative estimate of drug-likeness (QED) is 0.844. The van der Waals surface area contributed by atoms with Gasteiger partial charge in [-0.1, -0.05) is 6.92 Å². The Morgan fingerprint density at radius 1 is 1.25 bits per heavy atom. The van der Waals surface area contributed by atoms with Crippen LogP contribution in [0.4, 0.5) is 11.6 Å². The number of aryl methyl sites for hydroxylation is 2. The summed E-state index contributed by atoms with van der Waals surface area (Å²) in [5.74, 6) is 2.55. The average molecular weight is 274 g/mol. The minimum atomic E-state index is 0.714. The molecule has 2 heterocycles. The van der Waals surface area contributed by atoms with Crippen LogP contribution in [-0.2, 0) is 20.0 Å². The largest absolute Gasteiger partial charge is 0.373 e. The summed E-state index contributed by atoms with van der Waals surface area (Å²) in [5, 5.41) is 10.7. The molecular weight excluding hydrogens is 252 g/mol. The van der Waals surface area contributed by atoms with Gasteiger partial charge in [-0.25, -0.2) is 9.97 Å². The van der Waals surface area contributed by atoms with Gasteiger partial charge in [-0.05, 0) is 13.3 Å². The fourth-order valence-electron chi connectivity index (χ4n) is 1.95. The number of rotatable bonds is 6. The molecule has 0 unspecified atom stereocenters. The number of aromatic nitrogens is 4. The fraction of sp³-hybridized carbons (Fsp3) is 0.500. The van der Waals surface area contributed by atoms with Crippen LogP contribution in [0.1, 0.15) is 30.4 Å². The Bertz CT molecular complexity index is 575. The second kappa shape index (κ2) is 6.36. The Morgan fingerprint density at radius 2 is 2.00 bits per heavy atom. The average Bonchev–Trinajstić information content (AvgIpc) is 2.77. The SMILES string of the molecule is CCCc1nc(NC)cc(NCc2cnn(C)c2C)n1. The molecule has 6 heteroatoms. The lowest BCUT2D eigenvalue weighted by Gasteiger charge is -2.09. The topological polar surface area (TPSA) is 67.7 Å². The van der Waals surface area contributed by atoms with Crippen LogP contribution in [-0.4, -0.2) is 26.8 Å². The molecule has 0 aliphatic carbocycles. The second-order valence-electron chi connectivity index (χ2n) is 4.79. The van der Waals surface area contributed by atoms with Crippen molar-refractivity contribution in [2.45, 2.75) is 33.2 Å². The van der Waals surface area contributed by atoms with Crippen molar-refractivity contribution < 1.29 is 0 Å². The Kier molecular flexibility index (Phi) is 4.55. The lowest BCUT2D eigenvalue weighted by atomic mass is 10.2. The maximum absolute atomic E-state index is 4.53. The summed E-state index contributed by atoms with van der Waals surface area (Å²) in [6.07, 6.45) is 3.81.